The topological polar surface area (TPSA) is 37.4 Å². The van der Waals surface area contributed by atoms with Gasteiger partial charge in [-0.1, -0.05) is 0 Å². The predicted molar refractivity (Wildman–Crippen MR) is 44.8 cm³/mol. The molecule has 0 radical (unpaired) electrons. The summed E-state index contributed by atoms with van der Waals surface area (Å²) in [5.41, 5.74) is 0. The maximum atomic E-state index is 11.2. The van der Waals surface area contributed by atoms with Crippen LogP contribution in [0.3, 0.4) is 0 Å². The zero-order chi connectivity index (χ0) is 8.65. The monoisotopic (exact) mass is 177 g/mol. The van der Waals surface area contributed by atoms with Gasteiger partial charge < -0.3 is 0 Å². The normalized spacial score (nSPS) is 34.5. The molecule has 1 fully saturated rings. The molecule has 66 valence electrons. The maximum absolute atomic E-state index is 11.2. The summed E-state index contributed by atoms with van der Waals surface area (Å²) in [7, 11) is -2.97. The third kappa shape index (κ3) is 1.73. The first-order valence-corrected chi connectivity index (χ1v) is 5.76. The van der Waals surface area contributed by atoms with E-state index in [0.29, 0.717) is 0 Å². The van der Waals surface area contributed by atoms with Gasteiger partial charge >= 0.3 is 0 Å². The zero-order valence-corrected chi connectivity index (χ0v) is 8.06. The molecule has 3 nitrogen and oxygen atoms in total. The van der Waals surface area contributed by atoms with Gasteiger partial charge in [0.2, 0.25) is 10.0 Å². The Morgan fingerprint density at radius 3 is 1.73 bits per heavy atom. The lowest BCUT2D eigenvalue weighted by Gasteiger charge is -2.22. The molecular formula is C7H15NO2S. The zero-order valence-electron chi connectivity index (χ0n) is 7.24. The summed E-state index contributed by atoms with van der Waals surface area (Å²) >= 11 is 0. The molecule has 0 saturated carbocycles. The molecule has 0 aromatic carbocycles. The SMILES string of the molecule is CC1CCC(C)N1S(C)(=O)=O. The lowest BCUT2D eigenvalue weighted by atomic mass is 10.2. The first-order chi connectivity index (χ1) is 4.93. The third-order valence-electron chi connectivity index (χ3n) is 2.25. The van der Waals surface area contributed by atoms with Crippen LogP contribution in [0.25, 0.3) is 0 Å². The summed E-state index contributed by atoms with van der Waals surface area (Å²) in [6, 6.07) is 0.389. The molecule has 1 aliphatic rings. The van der Waals surface area contributed by atoms with Gasteiger partial charge in [-0.15, -0.1) is 0 Å². The second-order valence-corrected chi connectivity index (χ2v) is 5.26. The Balaban J connectivity index is 2.86. The largest absolute Gasteiger partial charge is 0.212 e. The molecule has 1 aliphatic heterocycles. The Labute approximate surface area is 68.4 Å². The standard InChI is InChI=1S/C7H15NO2S/c1-6-4-5-7(2)8(6)11(3,9)10/h6-7H,4-5H2,1-3H3. The number of hydrogen-bond acceptors (Lipinski definition) is 2. The summed E-state index contributed by atoms with van der Waals surface area (Å²) in [4.78, 5) is 0. The molecule has 0 spiro atoms. The molecular weight excluding hydrogens is 162 g/mol. The number of nitrogens with zero attached hydrogens (tertiary/aromatic N) is 1. The molecule has 1 rings (SSSR count). The molecule has 1 heterocycles. The predicted octanol–water partition coefficient (Wildman–Crippen LogP) is 0.819. The molecule has 0 aliphatic carbocycles. The Morgan fingerprint density at radius 1 is 1.18 bits per heavy atom. The van der Waals surface area contributed by atoms with Crippen LogP contribution in [0.5, 0.6) is 0 Å². The van der Waals surface area contributed by atoms with Crippen molar-refractivity contribution in [3.8, 4) is 0 Å². The van der Waals surface area contributed by atoms with Gasteiger partial charge in [-0.2, -0.15) is 4.31 Å². The van der Waals surface area contributed by atoms with Gasteiger partial charge in [0.25, 0.3) is 0 Å². The quantitative estimate of drug-likeness (QED) is 0.594. The lowest BCUT2D eigenvalue weighted by molar-refractivity contribution is 0.353. The fraction of sp³-hybridized carbons (Fsp3) is 1.00. The van der Waals surface area contributed by atoms with Gasteiger partial charge in [-0.25, -0.2) is 8.42 Å². The average molecular weight is 177 g/mol. The molecule has 4 heteroatoms. The van der Waals surface area contributed by atoms with Crippen molar-refractivity contribution in [3.63, 3.8) is 0 Å². The van der Waals surface area contributed by atoms with E-state index in [1.807, 2.05) is 13.8 Å². The van der Waals surface area contributed by atoms with Crippen molar-refractivity contribution in [2.24, 2.45) is 0 Å². The highest BCUT2D eigenvalue weighted by Crippen LogP contribution is 2.25. The van der Waals surface area contributed by atoms with Gasteiger partial charge in [-0.3, -0.25) is 0 Å². The van der Waals surface area contributed by atoms with Crippen LogP contribution < -0.4 is 0 Å². The molecule has 0 amide bonds. The van der Waals surface area contributed by atoms with Crippen molar-refractivity contribution in [2.45, 2.75) is 38.8 Å². The Hall–Kier alpha value is -0.0900. The van der Waals surface area contributed by atoms with Crippen molar-refractivity contribution in [2.75, 3.05) is 6.26 Å². The minimum Gasteiger partial charge on any atom is -0.212 e. The Bertz CT molecular complexity index is 225. The van der Waals surface area contributed by atoms with Gasteiger partial charge in [0.05, 0.1) is 6.26 Å². The first-order valence-electron chi connectivity index (χ1n) is 3.91. The summed E-state index contributed by atoms with van der Waals surface area (Å²) in [5, 5.41) is 0. The molecule has 2 atom stereocenters. The highest BCUT2D eigenvalue weighted by Gasteiger charge is 2.33. The molecule has 2 unspecified atom stereocenters. The van der Waals surface area contributed by atoms with Crippen molar-refractivity contribution >= 4 is 10.0 Å². The molecule has 0 N–H and O–H groups in total. The molecule has 1 saturated heterocycles. The van der Waals surface area contributed by atoms with E-state index in [-0.39, 0.29) is 12.1 Å². The minimum absolute atomic E-state index is 0.194. The maximum Gasteiger partial charge on any atom is 0.211 e. The van der Waals surface area contributed by atoms with Gasteiger partial charge in [0.15, 0.2) is 0 Å². The van der Waals surface area contributed by atoms with E-state index < -0.39 is 10.0 Å². The van der Waals surface area contributed by atoms with Crippen LogP contribution in [0.4, 0.5) is 0 Å². The van der Waals surface area contributed by atoms with Gasteiger partial charge in [0.1, 0.15) is 0 Å². The average Bonchev–Trinajstić information content (AvgIpc) is 2.08. The van der Waals surface area contributed by atoms with Gasteiger partial charge in [-0.05, 0) is 26.7 Å². The van der Waals surface area contributed by atoms with Crippen LogP contribution in [-0.4, -0.2) is 31.1 Å². The summed E-state index contributed by atoms with van der Waals surface area (Å²) in [6.45, 7) is 3.93. The number of sulfonamides is 1. The van der Waals surface area contributed by atoms with E-state index in [1.54, 1.807) is 4.31 Å². The van der Waals surface area contributed by atoms with E-state index in [4.69, 9.17) is 0 Å². The fourth-order valence-electron chi connectivity index (χ4n) is 1.83. The summed E-state index contributed by atoms with van der Waals surface area (Å²) in [6.07, 6.45) is 3.27. The smallest absolute Gasteiger partial charge is 0.211 e. The van der Waals surface area contributed by atoms with E-state index in [0.717, 1.165) is 12.8 Å². The highest BCUT2D eigenvalue weighted by molar-refractivity contribution is 7.88. The second kappa shape index (κ2) is 2.75. The van der Waals surface area contributed by atoms with E-state index >= 15 is 0 Å². The third-order valence-corrected chi connectivity index (χ3v) is 3.74. The molecule has 11 heavy (non-hydrogen) atoms. The summed E-state index contributed by atoms with van der Waals surface area (Å²) < 4.78 is 24.0. The number of rotatable bonds is 1. The van der Waals surface area contributed by atoms with Crippen molar-refractivity contribution in [1.29, 1.82) is 0 Å². The van der Waals surface area contributed by atoms with E-state index in [9.17, 15) is 8.42 Å². The molecule has 0 aromatic rings. The van der Waals surface area contributed by atoms with E-state index in [2.05, 4.69) is 0 Å². The number of hydrogen-bond donors (Lipinski definition) is 0. The molecule has 0 aromatic heterocycles. The van der Waals surface area contributed by atoms with Crippen LogP contribution in [0, 0.1) is 0 Å². The minimum atomic E-state index is -2.97. The van der Waals surface area contributed by atoms with Crippen molar-refractivity contribution in [1.82, 2.24) is 4.31 Å². The van der Waals surface area contributed by atoms with E-state index in [1.165, 1.54) is 6.26 Å². The Kier molecular flexibility index (Phi) is 2.25. The van der Waals surface area contributed by atoms with Gasteiger partial charge in [0, 0.05) is 12.1 Å². The van der Waals surface area contributed by atoms with Crippen LogP contribution in [0.15, 0.2) is 0 Å². The Morgan fingerprint density at radius 2 is 1.55 bits per heavy atom. The second-order valence-electron chi connectivity index (χ2n) is 3.37. The fourth-order valence-corrected chi connectivity index (χ4v) is 3.34. The van der Waals surface area contributed by atoms with Crippen molar-refractivity contribution in [3.05, 3.63) is 0 Å². The lowest BCUT2D eigenvalue weighted by Crippen LogP contribution is -2.37. The van der Waals surface area contributed by atoms with Crippen molar-refractivity contribution < 1.29 is 8.42 Å². The summed E-state index contributed by atoms with van der Waals surface area (Å²) in [5.74, 6) is 0. The first kappa shape index (κ1) is 9.00. The highest BCUT2D eigenvalue weighted by atomic mass is 32.2. The van der Waals surface area contributed by atoms with Crippen LogP contribution in [-0.2, 0) is 10.0 Å². The molecule has 0 bridgehead atoms. The van der Waals surface area contributed by atoms with Crippen LogP contribution in [0.1, 0.15) is 26.7 Å². The van der Waals surface area contributed by atoms with Crippen LogP contribution in [0.2, 0.25) is 0 Å². The van der Waals surface area contributed by atoms with Crippen LogP contribution >= 0.6 is 0 Å².